The van der Waals surface area contributed by atoms with Crippen LogP contribution in [-0.2, 0) is 11.2 Å². The van der Waals surface area contributed by atoms with Gasteiger partial charge in [-0.25, -0.2) is 0 Å². The maximum atomic E-state index is 10.5. The molecule has 0 aliphatic heterocycles. The summed E-state index contributed by atoms with van der Waals surface area (Å²) in [5.41, 5.74) is 0.726. The number of rotatable bonds is 4. The first-order valence-corrected chi connectivity index (χ1v) is 4.55. The SMILES string of the molecule is CC#CCOc1cccc(CC(=O)O)c1. The van der Waals surface area contributed by atoms with Crippen LogP contribution in [0.1, 0.15) is 12.5 Å². The molecule has 0 atom stereocenters. The van der Waals surface area contributed by atoms with E-state index < -0.39 is 5.97 Å². The molecule has 0 unspecified atom stereocenters. The molecule has 1 rings (SSSR count). The van der Waals surface area contributed by atoms with E-state index in [1.165, 1.54) is 0 Å². The number of benzene rings is 1. The highest BCUT2D eigenvalue weighted by Crippen LogP contribution is 2.13. The Morgan fingerprint density at radius 3 is 3.00 bits per heavy atom. The number of hydrogen-bond acceptors (Lipinski definition) is 2. The third-order valence-electron chi connectivity index (χ3n) is 1.74. The van der Waals surface area contributed by atoms with Gasteiger partial charge >= 0.3 is 5.97 Å². The smallest absolute Gasteiger partial charge is 0.307 e. The number of carboxylic acid groups (broad SMARTS) is 1. The third kappa shape index (κ3) is 4.19. The van der Waals surface area contributed by atoms with Gasteiger partial charge in [0, 0.05) is 0 Å². The number of carboxylic acids is 1. The van der Waals surface area contributed by atoms with E-state index in [1.807, 2.05) is 0 Å². The van der Waals surface area contributed by atoms with Crippen LogP contribution in [0, 0.1) is 11.8 Å². The summed E-state index contributed by atoms with van der Waals surface area (Å²) in [6.07, 6.45) is 0.0106. The molecule has 0 bridgehead atoms. The van der Waals surface area contributed by atoms with Gasteiger partial charge in [0.1, 0.15) is 12.4 Å². The zero-order valence-corrected chi connectivity index (χ0v) is 8.49. The topological polar surface area (TPSA) is 46.5 Å². The van der Waals surface area contributed by atoms with Crippen molar-refractivity contribution in [1.82, 2.24) is 0 Å². The molecule has 0 saturated carbocycles. The van der Waals surface area contributed by atoms with Crippen LogP contribution in [0.3, 0.4) is 0 Å². The second-order valence-corrected chi connectivity index (χ2v) is 2.93. The molecule has 1 aromatic carbocycles. The summed E-state index contributed by atoms with van der Waals surface area (Å²) in [5, 5.41) is 8.61. The molecule has 1 N–H and O–H groups in total. The highest BCUT2D eigenvalue weighted by molar-refractivity contribution is 5.70. The molecule has 0 aromatic heterocycles. The van der Waals surface area contributed by atoms with Gasteiger partial charge in [0.05, 0.1) is 6.42 Å². The van der Waals surface area contributed by atoms with Crippen molar-refractivity contribution in [2.75, 3.05) is 6.61 Å². The van der Waals surface area contributed by atoms with Crippen molar-refractivity contribution in [2.24, 2.45) is 0 Å². The largest absolute Gasteiger partial charge is 0.481 e. The van der Waals surface area contributed by atoms with Crippen LogP contribution in [0.15, 0.2) is 24.3 Å². The standard InChI is InChI=1S/C12H12O3/c1-2-3-7-15-11-6-4-5-10(8-11)9-12(13)14/h4-6,8H,7,9H2,1H3,(H,13,14). The Kier molecular flexibility index (Phi) is 4.24. The molecule has 1 aromatic rings. The molecule has 0 spiro atoms. The van der Waals surface area contributed by atoms with Crippen molar-refractivity contribution < 1.29 is 14.6 Å². The highest BCUT2D eigenvalue weighted by Gasteiger charge is 2.01. The Morgan fingerprint density at radius 1 is 1.53 bits per heavy atom. The number of carbonyl (C=O) groups is 1. The van der Waals surface area contributed by atoms with E-state index in [-0.39, 0.29) is 6.42 Å². The van der Waals surface area contributed by atoms with Gasteiger partial charge in [0.2, 0.25) is 0 Å². The fourth-order valence-electron chi connectivity index (χ4n) is 1.11. The van der Waals surface area contributed by atoms with Crippen molar-refractivity contribution in [2.45, 2.75) is 13.3 Å². The zero-order valence-electron chi connectivity index (χ0n) is 8.49. The summed E-state index contributed by atoms with van der Waals surface area (Å²) in [5.74, 6) is 5.29. The summed E-state index contributed by atoms with van der Waals surface area (Å²) in [4.78, 5) is 10.5. The van der Waals surface area contributed by atoms with E-state index in [0.717, 1.165) is 5.56 Å². The molecule has 0 saturated heterocycles. The van der Waals surface area contributed by atoms with E-state index in [9.17, 15) is 4.79 Å². The Bertz CT molecular complexity index is 399. The van der Waals surface area contributed by atoms with E-state index in [1.54, 1.807) is 31.2 Å². The van der Waals surface area contributed by atoms with Crippen LogP contribution >= 0.6 is 0 Å². The molecule has 78 valence electrons. The van der Waals surface area contributed by atoms with Gasteiger partial charge in [-0.05, 0) is 24.6 Å². The minimum atomic E-state index is -0.847. The summed E-state index contributed by atoms with van der Waals surface area (Å²) in [7, 11) is 0. The van der Waals surface area contributed by atoms with Crippen LogP contribution in [0.5, 0.6) is 5.75 Å². The summed E-state index contributed by atoms with van der Waals surface area (Å²) in [6, 6.07) is 7.02. The first-order chi connectivity index (χ1) is 7.22. The average molecular weight is 204 g/mol. The van der Waals surface area contributed by atoms with Gasteiger partial charge in [0.25, 0.3) is 0 Å². The van der Waals surface area contributed by atoms with Gasteiger partial charge < -0.3 is 9.84 Å². The summed E-state index contributed by atoms with van der Waals surface area (Å²) in [6.45, 7) is 2.07. The van der Waals surface area contributed by atoms with Crippen molar-refractivity contribution >= 4 is 5.97 Å². The normalized spacial score (nSPS) is 8.87. The molecule has 0 radical (unpaired) electrons. The lowest BCUT2D eigenvalue weighted by atomic mass is 10.1. The maximum Gasteiger partial charge on any atom is 0.307 e. The first-order valence-electron chi connectivity index (χ1n) is 4.55. The maximum absolute atomic E-state index is 10.5. The van der Waals surface area contributed by atoms with Gasteiger partial charge in [-0.15, -0.1) is 5.92 Å². The monoisotopic (exact) mass is 204 g/mol. The predicted molar refractivity (Wildman–Crippen MR) is 56.7 cm³/mol. The van der Waals surface area contributed by atoms with Crippen molar-refractivity contribution in [3.05, 3.63) is 29.8 Å². The van der Waals surface area contributed by atoms with E-state index in [2.05, 4.69) is 11.8 Å². The number of hydrogen-bond donors (Lipinski definition) is 1. The summed E-state index contributed by atoms with van der Waals surface area (Å²) < 4.78 is 5.30. The molecule has 0 aliphatic rings. The zero-order chi connectivity index (χ0) is 11.1. The third-order valence-corrected chi connectivity index (χ3v) is 1.74. The Morgan fingerprint density at radius 2 is 2.33 bits per heavy atom. The van der Waals surface area contributed by atoms with Crippen LogP contribution in [0.2, 0.25) is 0 Å². The minimum absolute atomic E-state index is 0.0106. The van der Waals surface area contributed by atoms with E-state index >= 15 is 0 Å². The lowest BCUT2D eigenvalue weighted by Gasteiger charge is -2.03. The molecule has 3 nitrogen and oxygen atoms in total. The fourth-order valence-corrected chi connectivity index (χ4v) is 1.11. The van der Waals surface area contributed by atoms with Gasteiger partial charge in [-0.2, -0.15) is 0 Å². The Balaban J connectivity index is 2.64. The highest BCUT2D eigenvalue weighted by atomic mass is 16.5. The van der Waals surface area contributed by atoms with Crippen molar-refractivity contribution in [3.63, 3.8) is 0 Å². The molecule has 0 aliphatic carbocycles. The van der Waals surface area contributed by atoms with Gasteiger partial charge in [0.15, 0.2) is 0 Å². The van der Waals surface area contributed by atoms with Crippen molar-refractivity contribution in [3.8, 4) is 17.6 Å². The van der Waals surface area contributed by atoms with Crippen molar-refractivity contribution in [1.29, 1.82) is 0 Å². The molecule has 0 heterocycles. The van der Waals surface area contributed by atoms with Crippen LogP contribution in [0.25, 0.3) is 0 Å². The number of aliphatic carboxylic acids is 1. The second kappa shape index (κ2) is 5.71. The van der Waals surface area contributed by atoms with Crippen LogP contribution < -0.4 is 4.74 Å². The molecular weight excluding hydrogens is 192 g/mol. The average Bonchev–Trinajstić information content (AvgIpc) is 2.18. The predicted octanol–water partition coefficient (Wildman–Crippen LogP) is 1.72. The Labute approximate surface area is 88.7 Å². The van der Waals surface area contributed by atoms with Gasteiger partial charge in [-0.1, -0.05) is 18.1 Å². The second-order valence-electron chi connectivity index (χ2n) is 2.93. The summed E-state index contributed by atoms with van der Waals surface area (Å²) >= 11 is 0. The molecule has 15 heavy (non-hydrogen) atoms. The molecule has 0 amide bonds. The minimum Gasteiger partial charge on any atom is -0.481 e. The van der Waals surface area contributed by atoms with Crippen LogP contribution in [0.4, 0.5) is 0 Å². The van der Waals surface area contributed by atoms with E-state index in [4.69, 9.17) is 9.84 Å². The first kappa shape index (κ1) is 11.1. The van der Waals surface area contributed by atoms with Crippen LogP contribution in [-0.4, -0.2) is 17.7 Å². The number of ether oxygens (including phenoxy) is 1. The van der Waals surface area contributed by atoms with Gasteiger partial charge in [-0.3, -0.25) is 4.79 Å². The lowest BCUT2D eigenvalue weighted by Crippen LogP contribution is -2.00. The molecule has 3 heteroatoms. The van der Waals surface area contributed by atoms with E-state index in [0.29, 0.717) is 12.4 Å². The quantitative estimate of drug-likeness (QED) is 0.759. The molecule has 0 fully saturated rings. The lowest BCUT2D eigenvalue weighted by molar-refractivity contribution is -0.136. The molecular formula is C12H12O3. The fraction of sp³-hybridized carbons (Fsp3) is 0.250. The Hall–Kier alpha value is -1.95.